The summed E-state index contributed by atoms with van der Waals surface area (Å²) in [6.07, 6.45) is 26.7. The summed E-state index contributed by atoms with van der Waals surface area (Å²) in [6, 6.07) is 0. The molecule has 0 aromatic heterocycles. The molecule has 150 valence electrons. The highest BCUT2D eigenvalue weighted by molar-refractivity contribution is 5.66. The number of carboxylic acid groups (broad SMARTS) is 1. The van der Waals surface area contributed by atoms with Crippen molar-refractivity contribution >= 4 is 5.97 Å². The molecule has 0 fully saturated rings. The van der Waals surface area contributed by atoms with Gasteiger partial charge in [0.05, 0.1) is 12.2 Å². The third kappa shape index (κ3) is 18.4. The summed E-state index contributed by atoms with van der Waals surface area (Å²) in [7, 11) is 1.64. The van der Waals surface area contributed by atoms with Crippen molar-refractivity contribution in [3.05, 3.63) is 72.9 Å². The van der Waals surface area contributed by atoms with Gasteiger partial charge in [-0.3, -0.25) is 4.79 Å². The maximum Gasteiger partial charge on any atom is 0.303 e. The van der Waals surface area contributed by atoms with E-state index in [-0.39, 0.29) is 12.5 Å². The third-order valence-electron chi connectivity index (χ3n) is 3.57. The number of aliphatic hydroxyl groups is 1. The van der Waals surface area contributed by atoms with E-state index in [4.69, 9.17) is 9.84 Å². The SMILES string of the molecule is CCC=CCC=CCC(O)C=CC=CC=CC(CC=CCCC(=O)O)OC. The highest BCUT2D eigenvalue weighted by Crippen LogP contribution is 2.03. The van der Waals surface area contributed by atoms with Crippen LogP contribution in [-0.4, -0.2) is 35.5 Å². The van der Waals surface area contributed by atoms with Crippen molar-refractivity contribution in [2.75, 3.05) is 7.11 Å². The molecule has 0 aliphatic heterocycles. The van der Waals surface area contributed by atoms with Gasteiger partial charge in [0.1, 0.15) is 0 Å². The van der Waals surface area contributed by atoms with Crippen LogP contribution in [0.4, 0.5) is 0 Å². The molecule has 0 spiro atoms. The van der Waals surface area contributed by atoms with Crippen LogP contribution in [0, 0.1) is 0 Å². The predicted octanol–water partition coefficient (Wildman–Crippen LogP) is 5.14. The van der Waals surface area contributed by atoms with Crippen LogP contribution < -0.4 is 0 Å². The monoisotopic (exact) mass is 374 g/mol. The summed E-state index contributed by atoms with van der Waals surface area (Å²) >= 11 is 0. The number of ether oxygens (including phenoxy) is 1. The Morgan fingerprint density at radius 3 is 2.26 bits per heavy atom. The van der Waals surface area contributed by atoms with Crippen LogP contribution in [0.25, 0.3) is 0 Å². The average molecular weight is 375 g/mol. The molecule has 4 heteroatoms. The van der Waals surface area contributed by atoms with Crippen molar-refractivity contribution < 1.29 is 19.7 Å². The normalized spacial score (nSPS) is 15.4. The van der Waals surface area contributed by atoms with E-state index in [0.29, 0.717) is 19.3 Å². The smallest absolute Gasteiger partial charge is 0.303 e. The number of aliphatic carboxylic acids is 1. The highest BCUT2D eigenvalue weighted by Gasteiger charge is 1.98. The van der Waals surface area contributed by atoms with Crippen molar-refractivity contribution in [3.8, 4) is 0 Å². The van der Waals surface area contributed by atoms with Crippen LogP contribution in [-0.2, 0) is 9.53 Å². The van der Waals surface area contributed by atoms with E-state index in [2.05, 4.69) is 25.2 Å². The van der Waals surface area contributed by atoms with E-state index >= 15 is 0 Å². The van der Waals surface area contributed by atoms with Crippen molar-refractivity contribution in [3.63, 3.8) is 0 Å². The molecule has 2 unspecified atom stereocenters. The molecule has 27 heavy (non-hydrogen) atoms. The Bertz CT molecular complexity index is 539. The van der Waals surface area contributed by atoms with Crippen LogP contribution in [0.15, 0.2) is 72.9 Å². The second-order valence-electron chi connectivity index (χ2n) is 5.96. The van der Waals surface area contributed by atoms with Gasteiger partial charge < -0.3 is 14.9 Å². The van der Waals surface area contributed by atoms with E-state index in [9.17, 15) is 9.90 Å². The Labute approximate surface area is 163 Å². The van der Waals surface area contributed by atoms with Crippen molar-refractivity contribution in [1.82, 2.24) is 0 Å². The first-order valence-electron chi connectivity index (χ1n) is 9.49. The molecule has 0 amide bonds. The van der Waals surface area contributed by atoms with E-state index in [1.54, 1.807) is 13.2 Å². The van der Waals surface area contributed by atoms with Gasteiger partial charge in [-0.05, 0) is 32.1 Å². The molecule has 0 aliphatic carbocycles. The van der Waals surface area contributed by atoms with Gasteiger partial charge in [0.2, 0.25) is 0 Å². The maximum absolute atomic E-state index is 10.4. The second kappa shape index (κ2) is 18.6. The van der Waals surface area contributed by atoms with Gasteiger partial charge in [-0.1, -0.05) is 79.8 Å². The van der Waals surface area contributed by atoms with Gasteiger partial charge in [0.25, 0.3) is 0 Å². The minimum absolute atomic E-state index is 0.0443. The Morgan fingerprint density at radius 2 is 1.59 bits per heavy atom. The summed E-state index contributed by atoms with van der Waals surface area (Å²) in [5, 5.41) is 18.4. The quantitative estimate of drug-likeness (QED) is 0.307. The number of carboxylic acids is 1. The lowest BCUT2D eigenvalue weighted by atomic mass is 10.2. The molecular formula is C23H34O4. The van der Waals surface area contributed by atoms with Crippen LogP contribution in [0.5, 0.6) is 0 Å². The van der Waals surface area contributed by atoms with E-state index in [0.717, 1.165) is 12.8 Å². The Balaban J connectivity index is 4.06. The van der Waals surface area contributed by atoms with Gasteiger partial charge in [-0.15, -0.1) is 0 Å². The molecule has 0 rings (SSSR count). The number of aliphatic hydroxyl groups excluding tert-OH is 1. The van der Waals surface area contributed by atoms with Gasteiger partial charge in [-0.2, -0.15) is 0 Å². The fraction of sp³-hybridized carbons (Fsp3) is 0.435. The summed E-state index contributed by atoms with van der Waals surface area (Å²) in [5.74, 6) is -0.786. The number of hydrogen-bond acceptors (Lipinski definition) is 3. The fourth-order valence-electron chi connectivity index (χ4n) is 2.07. The van der Waals surface area contributed by atoms with E-state index in [1.165, 1.54) is 0 Å². The summed E-state index contributed by atoms with van der Waals surface area (Å²) in [5.41, 5.74) is 0. The third-order valence-corrected chi connectivity index (χ3v) is 3.57. The van der Waals surface area contributed by atoms with Gasteiger partial charge in [0, 0.05) is 13.5 Å². The zero-order chi connectivity index (χ0) is 20.2. The van der Waals surface area contributed by atoms with Crippen LogP contribution in [0.3, 0.4) is 0 Å². The molecule has 0 aliphatic rings. The standard InChI is InChI=1S/C23H34O4/c1-3-4-5-6-7-11-16-21(24)17-12-8-9-13-18-22(27-2)19-14-10-15-20-23(25)26/h4-5,7-14,17-18,21-22,24H,3,6,15-16,19-20H2,1-2H3,(H,25,26). The first-order valence-corrected chi connectivity index (χ1v) is 9.49. The molecule has 0 saturated heterocycles. The van der Waals surface area contributed by atoms with Crippen molar-refractivity contribution in [1.29, 1.82) is 0 Å². The molecule has 2 atom stereocenters. The van der Waals surface area contributed by atoms with Crippen molar-refractivity contribution in [2.24, 2.45) is 0 Å². The highest BCUT2D eigenvalue weighted by atomic mass is 16.5. The molecule has 4 nitrogen and oxygen atoms in total. The largest absolute Gasteiger partial charge is 0.481 e. The molecule has 0 aromatic carbocycles. The summed E-state index contributed by atoms with van der Waals surface area (Å²) < 4.78 is 5.34. The molecule has 0 radical (unpaired) electrons. The van der Waals surface area contributed by atoms with Gasteiger partial charge >= 0.3 is 5.97 Å². The fourth-order valence-corrected chi connectivity index (χ4v) is 2.07. The molecule has 0 aromatic rings. The van der Waals surface area contributed by atoms with Gasteiger partial charge in [-0.25, -0.2) is 0 Å². The molecular weight excluding hydrogens is 340 g/mol. The number of carbonyl (C=O) groups is 1. The molecule has 0 bridgehead atoms. The predicted molar refractivity (Wildman–Crippen MR) is 113 cm³/mol. The molecule has 2 N–H and O–H groups in total. The Kier molecular flexibility index (Phi) is 17.1. The van der Waals surface area contributed by atoms with Crippen LogP contribution in [0.1, 0.15) is 45.4 Å². The van der Waals surface area contributed by atoms with Crippen LogP contribution >= 0.6 is 0 Å². The number of methoxy groups -OCH3 is 1. The zero-order valence-corrected chi connectivity index (χ0v) is 16.5. The lowest BCUT2D eigenvalue weighted by molar-refractivity contribution is -0.136. The minimum Gasteiger partial charge on any atom is -0.481 e. The number of hydrogen-bond donors (Lipinski definition) is 2. The summed E-state index contributed by atoms with van der Waals surface area (Å²) in [4.78, 5) is 10.4. The lowest BCUT2D eigenvalue weighted by Gasteiger charge is -2.06. The maximum atomic E-state index is 10.4. The van der Waals surface area contributed by atoms with Crippen molar-refractivity contribution in [2.45, 2.75) is 57.7 Å². The topological polar surface area (TPSA) is 66.8 Å². The number of rotatable bonds is 15. The average Bonchev–Trinajstić information content (AvgIpc) is 2.65. The Hall–Kier alpha value is -2.17. The minimum atomic E-state index is -0.786. The van der Waals surface area contributed by atoms with Gasteiger partial charge in [0.15, 0.2) is 0 Å². The van der Waals surface area contributed by atoms with E-state index in [1.807, 2.05) is 48.6 Å². The lowest BCUT2D eigenvalue weighted by Crippen LogP contribution is -2.04. The first kappa shape index (κ1) is 24.8. The molecule has 0 saturated carbocycles. The number of allylic oxidation sites excluding steroid dienone is 8. The Morgan fingerprint density at radius 1 is 0.926 bits per heavy atom. The van der Waals surface area contributed by atoms with E-state index < -0.39 is 12.1 Å². The first-order chi connectivity index (χ1) is 13.1. The zero-order valence-electron chi connectivity index (χ0n) is 16.5. The summed E-state index contributed by atoms with van der Waals surface area (Å²) in [6.45, 7) is 2.11. The second-order valence-corrected chi connectivity index (χ2v) is 5.96. The van der Waals surface area contributed by atoms with Crippen LogP contribution in [0.2, 0.25) is 0 Å². The molecule has 0 heterocycles.